The molecule has 1 aliphatic heterocycles. The molecule has 168 valence electrons. The van der Waals surface area contributed by atoms with Crippen molar-refractivity contribution >= 4 is 17.7 Å². The van der Waals surface area contributed by atoms with Gasteiger partial charge in [-0.05, 0) is 69.2 Å². The van der Waals surface area contributed by atoms with Gasteiger partial charge in [0.05, 0.1) is 0 Å². The number of hydrogen-bond donors (Lipinski definition) is 2. The first-order chi connectivity index (χ1) is 15.4. The highest BCUT2D eigenvalue weighted by Gasteiger charge is 2.36. The number of benzene rings is 2. The molecule has 2 N–H and O–H groups in total. The van der Waals surface area contributed by atoms with Gasteiger partial charge in [0.2, 0.25) is 5.91 Å². The van der Waals surface area contributed by atoms with E-state index in [2.05, 4.69) is 10.6 Å². The van der Waals surface area contributed by atoms with Gasteiger partial charge in [-0.25, -0.2) is 0 Å². The van der Waals surface area contributed by atoms with E-state index < -0.39 is 6.04 Å². The first-order valence-electron chi connectivity index (χ1n) is 11.4. The molecule has 6 nitrogen and oxygen atoms in total. The maximum absolute atomic E-state index is 13.0. The summed E-state index contributed by atoms with van der Waals surface area (Å²) < 4.78 is 0. The number of likely N-dealkylation sites (tertiary alicyclic amines) is 1. The van der Waals surface area contributed by atoms with E-state index in [1.54, 1.807) is 12.1 Å². The molecule has 2 aliphatic rings. The van der Waals surface area contributed by atoms with Crippen molar-refractivity contribution in [2.24, 2.45) is 5.92 Å². The largest absolute Gasteiger partial charge is 0.352 e. The summed E-state index contributed by atoms with van der Waals surface area (Å²) in [5, 5.41) is 6.04. The number of hydrogen-bond acceptors (Lipinski definition) is 3. The normalized spacial score (nSPS) is 17.5. The van der Waals surface area contributed by atoms with Gasteiger partial charge in [0, 0.05) is 30.3 Å². The Kier molecular flexibility index (Phi) is 6.58. The number of piperidine rings is 1. The summed E-state index contributed by atoms with van der Waals surface area (Å²) in [6.45, 7) is 5.06. The molecule has 1 aliphatic carbocycles. The second kappa shape index (κ2) is 9.55. The van der Waals surface area contributed by atoms with Gasteiger partial charge in [-0.3, -0.25) is 14.4 Å². The minimum Gasteiger partial charge on any atom is -0.352 e. The van der Waals surface area contributed by atoms with Crippen LogP contribution in [-0.2, 0) is 4.79 Å². The third kappa shape index (κ3) is 5.18. The van der Waals surface area contributed by atoms with Gasteiger partial charge >= 0.3 is 0 Å². The predicted octanol–water partition coefficient (Wildman–Crippen LogP) is 3.23. The maximum atomic E-state index is 13.0. The number of aryl methyl sites for hydroxylation is 2. The van der Waals surface area contributed by atoms with E-state index in [4.69, 9.17) is 0 Å². The topological polar surface area (TPSA) is 78.5 Å². The summed E-state index contributed by atoms with van der Waals surface area (Å²) in [6, 6.07) is 14.6. The van der Waals surface area contributed by atoms with E-state index in [-0.39, 0.29) is 29.7 Å². The first-order valence-corrected chi connectivity index (χ1v) is 11.4. The van der Waals surface area contributed by atoms with Crippen molar-refractivity contribution in [1.29, 1.82) is 0 Å². The van der Waals surface area contributed by atoms with Crippen LogP contribution in [0.1, 0.15) is 57.5 Å². The zero-order chi connectivity index (χ0) is 22.7. The van der Waals surface area contributed by atoms with Crippen LogP contribution in [0.15, 0.2) is 48.5 Å². The molecule has 0 spiro atoms. The fourth-order valence-electron chi connectivity index (χ4n) is 4.26. The van der Waals surface area contributed by atoms with Crippen molar-refractivity contribution in [1.82, 2.24) is 15.5 Å². The third-order valence-electron chi connectivity index (χ3n) is 6.48. The monoisotopic (exact) mass is 433 g/mol. The molecule has 0 unspecified atom stereocenters. The smallest absolute Gasteiger partial charge is 0.254 e. The summed E-state index contributed by atoms with van der Waals surface area (Å²) in [6.07, 6.45) is 3.34. The highest BCUT2D eigenvalue weighted by molar-refractivity contribution is 5.98. The van der Waals surface area contributed by atoms with E-state index in [0.717, 1.165) is 29.5 Å². The highest BCUT2D eigenvalue weighted by Crippen LogP contribution is 2.25. The van der Waals surface area contributed by atoms with Crippen LogP contribution in [0, 0.1) is 19.8 Å². The predicted molar refractivity (Wildman–Crippen MR) is 123 cm³/mol. The number of rotatable bonds is 6. The average Bonchev–Trinajstić information content (AvgIpc) is 3.62. The maximum Gasteiger partial charge on any atom is 0.254 e. The van der Waals surface area contributed by atoms with Crippen molar-refractivity contribution in [2.75, 3.05) is 13.1 Å². The molecule has 2 aromatic rings. The second-order valence-electron chi connectivity index (χ2n) is 9.04. The number of nitrogens with one attached hydrogen (secondary N) is 2. The van der Waals surface area contributed by atoms with E-state index in [1.807, 2.05) is 55.1 Å². The minimum atomic E-state index is -0.597. The second-order valence-corrected chi connectivity index (χ2v) is 9.04. The molecular weight excluding hydrogens is 402 g/mol. The zero-order valence-corrected chi connectivity index (χ0v) is 18.8. The molecular formula is C26H31N3O3. The lowest BCUT2D eigenvalue weighted by molar-refractivity contribution is -0.124. The molecule has 0 aromatic heterocycles. The third-order valence-corrected chi connectivity index (χ3v) is 6.48. The van der Waals surface area contributed by atoms with Crippen LogP contribution in [0.4, 0.5) is 0 Å². The lowest BCUT2D eigenvalue weighted by atomic mass is 9.88. The molecule has 6 heteroatoms. The van der Waals surface area contributed by atoms with Crippen molar-refractivity contribution in [3.63, 3.8) is 0 Å². The molecule has 4 rings (SSSR count). The van der Waals surface area contributed by atoms with E-state index in [9.17, 15) is 14.4 Å². The van der Waals surface area contributed by atoms with Crippen molar-refractivity contribution in [3.05, 3.63) is 70.8 Å². The quantitative estimate of drug-likeness (QED) is 0.734. The molecule has 1 saturated carbocycles. The number of amides is 3. The number of nitrogens with zero attached hydrogens (tertiary/aromatic N) is 1. The Balaban J connectivity index is 1.43. The Morgan fingerprint density at radius 1 is 0.906 bits per heavy atom. The van der Waals surface area contributed by atoms with Crippen molar-refractivity contribution in [2.45, 2.75) is 51.6 Å². The van der Waals surface area contributed by atoms with Crippen LogP contribution in [-0.4, -0.2) is 47.8 Å². The van der Waals surface area contributed by atoms with Gasteiger partial charge in [-0.1, -0.05) is 35.9 Å². The van der Waals surface area contributed by atoms with Gasteiger partial charge in [-0.15, -0.1) is 0 Å². The molecule has 32 heavy (non-hydrogen) atoms. The summed E-state index contributed by atoms with van der Waals surface area (Å²) in [7, 11) is 0. The summed E-state index contributed by atoms with van der Waals surface area (Å²) in [5.74, 6) is -0.329. The van der Waals surface area contributed by atoms with Gasteiger partial charge < -0.3 is 15.5 Å². The molecule has 1 saturated heterocycles. The lowest BCUT2D eigenvalue weighted by Crippen LogP contribution is -2.54. The van der Waals surface area contributed by atoms with Crippen LogP contribution in [0.5, 0.6) is 0 Å². The van der Waals surface area contributed by atoms with Crippen LogP contribution in [0.25, 0.3) is 0 Å². The van der Waals surface area contributed by atoms with Crippen LogP contribution in [0.2, 0.25) is 0 Å². The van der Waals surface area contributed by atoms with Gasteiger partial charge in [0.15, 0.2) is 0 Å². The number of carbonyl (C=O) groups is 3. The number of carbonyl (C=O) groups excluding carboxylic acids is 3. The first kappa shape index (κ1) is 22.1. The van der Waals surface area contributed by atoms with Gasteiger partial charge in [0.25, 0.3) is 11.8 Å². The minimum absolute atomic E-state index is 0.0101. The molecule has 0 radical (unpaired) electrons. The molecule has 3 amide bonds. The van der Waals surface area contributed by atoms with Crippen LogP contribution in [0.3, 0.4) is 0 Å². The van der Waals surface area contributed by atoms with Gasteiger partial charge in [0.1, 0.15) is 6.04 Å². The Labute approximate surface area is 189 Å². The summed E-state index contributed by atoms with van der Waals surface area (Å²) in [4.78, 5) is 40.7. The lowest BCUT2D eigenvalue weighted by Gasteiger charge is -2.36. The zero-order valence-electron chi connectivity index (χ0n) is 18.8. The molecule has 0 bridgehead atoms. The van der Waals surface area contributed by atoms with Crippen LogP contribution < -0.4 is 10.6 Å². The van der Waals surface area contributed by atoms with Crippen molar-refractivity contribution < 1.29 is 14.4 Å². The summed E-state index contributed by atoms with van der Waals surface area (Å²) in [5.41, 5.74) is 3.32. The fourth-order valence-corrected chi connectivity index (χ4v) is 4.26. The SMILES string of the molecule is Cc1ccc(C(=O)N[C@@H](C(=O)NC2CC2)C2CCN(C(=O)c3ccccc3C)CC2)cc1. The summed E-state index contributed by atoms with van der Waals surface area (Å²) >= 11 is 0. The average molecular weight is 434 g/mol. The van der Waals surface area contributed by atoms with Crippen molar-refractivity contribution in [3.8, 4) is 0 Å². The van der Waals surface area contributed by atoms with E-state index >= 15 is 0 Å². The fraction of sp³-hybridized carbons (Fsp3) is 0.423. The van der Waals surface area contributed by atoms with E-state index in [1.165, 1.54) is 0 Å². The highest BCUT2D eigenvalue weighted by atomic mass is 16.2. The molecule has 2 fully saturated rings. The Morgan fingerprint density at radius 2 is 1.56 bits per heavy atom. The Hall–Kier alpha value is -3.15. The standard InChI is InChI=1S/C26H31N3O3/c1-17-7-9-20(10-8-17)24(30)28-23(25(31)27-21-11-12-21)19-13-15-29(16-14-19)26(32)22-6-4-3-5-18(22)2/h3-10,19,21,23H,11-16H2,1-2H3,(H,27,31)(H,28,30)/t23-/m1/s1. The van der Waals surface area contributed by atoms with Crippen LogP contribution >= 0.6 is 0 Å². The van der Waals surface area contributed by atoms with E-state index in [0.29, 0.717) is 31.5 Å². The molecule has 2 aromatic carbocycles. The molecule has 1 atom stereocenters. The molecule has 1 heterocycles. The Morgan fingerprint density at radius 3 is 2.19 bits per heavy atom. The van der Waals surface area contributed by atoms with Gasteiger partial charge in [-0.2, -0.15) is 0 Å². The Bertz CT molecular complexity index is 990.